The van der Waals surface area contributed by atoms with E-state index in [-0.39, 0.29) is 12.1 Å². The lowest BCUT2D eigenvalue weighted by molar-refractivity contribution is -0.144. The molecule has 0 spiro atoms. The van der Waals surface area contributed by atoms with Crippen LogP contribution in [0.3, 0.4) is 0 Å². The second-order valence-corrected chi connectivity index (χ2v) is 10.3. The van der Waals surface area contributed by atoms with E-state index in [1.165, 1.54) is 25.1 Å². The monoisotopic (exact) mass is 270 g/mol. The maximum atomic E-state index is 11.1. The van der Waals surface area contributed by atoms with Crippen LogP contribution >= 0.6 is 0 Å². The first-order valence-corrected chi connectivity index (χ1v) is 10.1. The first-order valence-electron chi connectivity index (χ1n) is 7.40. The molecule has 0 aliphatic rings. The number of unbranched alkanes of at least 4 members (excludes halogenated alkanes) is 1. The third kappa shape index (κ3) is 6.38. The molecule has 3 heteroatoms. The van der Waals surface area contributed by atoms with E-state index in [1.807, 2.05) is 0 Å². The van der Waals surface area contributed by atoms with Gasteiger partial charge < -0.3 is 4.74 Å². The number of esters is 1. The molecule has 0 aromatic carbocycles. The zero-order valence-electron chi connectivity index (χ0n) is 12.8. The molecule has 106 valence electrons. The number of ether oxygens (including phenoxy) is 1. The van der Waals surface area contributed by atoms with Crippen molar-refractivity contribution < 1.29 is 9.53 Å². The summed E-state index contributed by atoms with van der Waals surface area (Å²) < 4.78 is 5.38. The van der Waals surface area contributed by atoms with Gasteiger partial charge in [0.05, 0.1) is 8.07 Å². The fourth-order valence-corrected chi connectivity index (χ4v) is 5.06. The molecule has 0 aliphatic heterocycles. The highest BCUT2D eigenvalue weighted by Crippen LogP contribution is 2.22. The van der Waals surface area contributed by atoms with Crippen LogP contribution in [0.25, 0.3) is 0 Å². The van der Waals surface area contributed by atoms with E-state index in [0.717, 1.165) is 19.3 Å². The van der Waals surface area contributed by atoms with Crippen molar-refractivity contribution in [3.8, 4) is 0 Å². The van der Waals surface area contributed by atoms with Gasteiger partial charge >= 0.3 is 5.97 Å². The third-order valence-electron chi connectivity index (χ3n) is 3.94. The molecule has 0 radical (unpaired) electrons. The average molecular weight is 270 g/mol. The molecule has 0 amide bonds. The van der Waals surface area contributed by atoms with Crippen LogP contribution in [0.2, 0.25) is 18.1 Å². The predicted octanol–water partition coefficient (Wildman–Crippen LogP) is 4.71. The van der Waals surface area contributed by atoms with Crippen LogP contribution in [0.1, 0.15) is 53.9 Å². The van der Waals surface area contributed by atoms with Gasteiger partial charge in [-0.3, -0.25) is 4.79 Å². The first kappa shape index (κ1) is 17.4. The van der Waals surface area contributed by atoms with Crippen molar-refractivity contribution in [2.45, 2.75) is 78.1 Å². The average Bonchev–Trinajstić information content (AvgIpc) is 2.37. The van der Waals surface area contributed by atoms with Crippen LogP contribution in [-0.2, 0) is 9.53 Å². The van der Waals surface area contributed by atoms with Crippen LogP contribution in [0, 0.1) is 0 Å². The van der Waals surface area contributed by atoms with Crippen molar-refractivity contribution in [3.63, 3.8) is 0 Å². The van der Waals surface area contributed by atoms with Crippen LogP contribution in [0.5, 0.6) is 0 Å². The van der Waals surface area contributed by atoms with Crippen molar-refractivity contribution in [2.75, 3.05) is 0 Å². The van der Waals surface area contributed by atoms with Crippen molar-refractivity contribution >= 4 is 14.0 Å². The summed E-state index contributed by atoms with van der Waals surface area (Å²) in [4.78, 5) is 11.1. The van der Waals surface area contributed by atoms with Crippen molar-refractivity contribution in [3.05, 3.63) is 11.8 Å². The summed E-state index contributed by atoms with van der Waals surface area (Å²) in [7, 11) is -1.24. The van der Waals surface area contributed by atoms with Gasteiger partial charge in [0.1, 0.15) is 6.10 Å². The Labute approximate surface area is 114 Å². The maximum absolute atomic E-state index is 11.1. The number of carbonyl (C=O) groups excluding carboxylic acids is 1. The van der Waals surface area contributed by atoms with E-state index >= 15 is 0 Å². The van der Waals surface area contributed by atoms with E-state index < -0.39 is 8.07 Å². The molecule has 0 fully saturated rings. The Morgan fingerprint density at radius 2 is 1.72 bits per heavy atom. The molecule has 18 heavy (non-hydrogen) atoms. The number of carbonyl (C=O) groups is 1. The molecule has 0 aromatic rings. The van der Waals surface area contributed by atoms with E-state index in [0.29, 0.717) is 0 Å². The minimum atomic E-state index is -1.24. The molecule has 0 heterocycles. The van der Waals surface area contributed by atoms with Gasteiger partial charge in [0, 0.05) is 6.92 Å². The fraction of sp³-hybridized carbons (Fsp3) is 0.800. The molecular formula is C15H30O2Si. The summed E-state index contributed by atoms with van der Waals surface area (Å²) in [6, 6.07) is 3.82. The molecule has 2 nitrogen and oxygen atoms in total. The van der Waals surface area contributed by atoms with Gasteiger partial charge in [-0.1, -0.05) is 64.0 Å². The quantitative estimate of drug-likeness (QED) is 0.448. The summed E-state index contributed by atoms with van der Waals surface area (Å²) in [6.07, 6.45) is 5.36. The molecular weight excluding hydrogens is 240 g/mol. The van der Waals surface area contributed by atoms with Crippen molar-refractivity contribution in [1.29, 1.82) is 0 Å². The second kappa shape index (κ2) is 9.37. The molecule has 0 rings (SSSR count). The first-order chi connectivity index (χ1) is 8.53. The SMILES string of the molecule is CCCCC(/C=C/[Si](CC)(CC)CC)OC(C)=O. The van der Waals surface area contributed by atoms with E-state index in [2.05, 4.69) is 39.5 Å². The van der Waals surface area contributed by atoms with Gasteiger partial charge in [-0.2, -0.15) is 0 Å². The molecule has 1 atom stereocenters. The Balaban J connectivity index is 4.65. The van der Waals surface area contributed by atoms with Gasteiger partial charge in [-0.25, -0.2) is 0 Å². The van der Waals surface area contributed by atoms with Gasteiger partial charge in [-0.15, -0.1) is 0 Å². The van der Waals surface area contributed by atoms with E-state index in [9.17, 15) is 4.79 Å². The minimum absolute atomic E-state index is 0.0148. The Bertz CT molecular complexity index is 249. The van der Waals surface area contributed by atoms with Crippen LogP contribution in [0.4, 0.5) is 0 Å². The number of rotatable bonds is 9. The lowest BCUT2D eigenvalue weighted by atomic mass is 10.1. The summed E-state index contributed by atoms with van der Waals surface area (Å²) in [5, 5.41) is 0. The molecule has 0 N–H and O–H groups in total. The Morgan fingerprint density at radius 3 is 2.11 bits per heavy atom. The number of hydrogen-bond acceptors (Lipinski definition) is 2. The Morgan fingerprint density at radius 1 is 1.17 bits per heavy atom. The van der Waals surface area contributed by atoms with E-state index in [4.69, 9.17) is 4.74 Å². The molecule has 0 aromatic heterocycles. The molecule has 0 aliphatic carbocycles. The van der Waals surface area contributed by atoms with Crippen LogP contribution in [-0.4, -0.2) is 20.1 Å². The molecule has 0 bridgehead atoms. The largest absolute Gasteiger partial charge is 0.458 e. The van der Waals surface area contributed by atoms with E-state index in [1.54, 1.807) is 0 Å². The van der Waals surface area contributed by atoms with Crippen LogP contribution in [0.15, 0.2) is 11.8 Å². The second-order valence-electron chi connectivity index (χ2n) is 5.07. The highest BCUT2D eigenvalue weighted by atomic mass is 28.3. The summed E-state index contributed by atoms with van der Waals surface area (Å²) >= 11 is 0. The van der Waals surface area contributed by atoms with Crippen molar-refractivity contribution in [2.24, 2.45) is 0 Å². The van der Waals surface area contributed by atoms with Crippen molar-refractivity contribution in [1.82, 2.24) is 0 Å². The van der Waals surface area contributed by atoms with Gasteiger partial charge in [-0.05, 0) is 12.8 Å². The highest BCUT2D eigenvalue weighted by Gasteiger charge is 2.23. The van der Waals surface area contributed by atoms with Gasteiger partial charge in [0.15, 0.2) is 0 Å². The summed E-state index contributed by atoms with van der Waals surface area (Å²) in [5.41, 5.74) is 2.41. The minimum Gasteiger partial charge on any atom is -0.458 e. The molecule has 0 saturated carbocycles. The normalized spacial score (nSPS) is 13.8. The zero-order chi connectivity index (χ0) is 14.0. The zero-order valence-corrected chi connectivity index (χ0v) is 13.8. The lowest BCUT2D eigenvalue weighted by Crippen LogP contribution is -2.29. The third-order valence-corrected chi connectivity index (χ3v) is 9.06. The van der Waals surface area contributed by atoms with Gasteiger partial charge in [0.2, 0.25) is 0 Å². The summed E-state index contributed by atoms with van der Waals surface area (Å²) in [5.74, 6) is -0.169. The Hall–Kier alpha value is -0.573. The summed E-state index contributed by atoms with van der Waals surface area (Å²) in [6.45, 7) is 10.5. The van der Waals surface area contributed by atoms with Crippen LogP contribution < -0.4 is 0 Å². The lowest BCUT2D eigenvalue weighted by Gasteiger charge is -2.24. The standard InChI is InChI=1S/C15H30O2Si/c1-6-10-11-15(17-14(5)16)12-13-18(7-2,8-3)9-4/h12-13,15H,6-11H2,1-5H3/b13-12+. The predicted molar refractivity (Wildman–Crippen MR) is 81.4 cm³/mol. The maximum Gasteiger partial charge on any atom is 0.303 e. The highest BCUT2D eigenvalue weighted by molar-refractivity contribution is 6.84. The smallest absolute Gasteiger partial charge is 0.303 e. The Kier molecular flexibility index (Phi) is 9.07. The fourth-order valence-electron chi connectivity index (χ4n) is 2.23. The van der Waals surface area contributed by atoms with Gasteiger partial charge in [0.25, 0.3) is 0 Å². The topological polar surface area (TPSA) is 26.3 Å². The molecule has 0 saturated heterocycles. The molecule has 1 unspecified atom stereocenters. The number of hydrogen-bond donors (Lipinski definition) is 0.